The third-order valence-corrected chi connectivity index (χ3v) is 11.9. The highest BCUT2D eigenvalue weighted by molar-refractivity contribution is 7.18. The largest absolute Gasteiger partial charge is 0.433 e. The SMILES string of the molecule is CN(CC#Cc1cccc2c1n(C)c(=O)n2C1CCC(=O)NC1=O)CC1CCC(c2nc3cc(C(C)(C)O)c(NC(=O)c4cccc(C(F)(F)F)n4)cc3s2)CC1. The third kappa shape index (κ3) is 8.37. The number of fused-ring (bicyclic) bond motifs is 2. The summed E-state index contributed by atoms with van der Waals surface area (Å²) in [4.78, 5) is 61.2. The first kappa shape index (κ1) is 39.8. The highest BCUT2D eigenvalue weighted by atomic mass is 32.1. The molecule has 4 heterocycles. The number of benzene rings is 2. The summed E-state index contributed by atoms with van der Waals surface area (Å²) in [5.41, 5.74) is -0.0395. The molecule has 0 bridgehead atoms. The molecule has 1 unspecified atom stereocenters. The number of thiazole rings is 1. The average Bonchev–Trinajstić information content (AvgIpc) is 3.68. The Hall–Kier alpha value is -5.37. The molecule has 16 heteroatoms. The van der Waals surface area contributed by atoms with Crippen molar-refractivity contribution in [2.24, 2.45) is 13.0 Å². The van der Waals surface area contributed by atoms with Gasteiger partial charge in [-0.1, -0.05) is 24.0 Å². The van der Waals surface area contributed by atoms with Crippen molar-refractivity contribution in [2.75, 3.05) is 25.5 Å². The number of aliphatic hydroxyl groups is 1. The van der Waals surface area contributed by atoms with Crippen LogP contribution in [0.1, 0.15) is 96.6 Å². The van der Waals surface area contributed by atoms with E-state index in [1.54, 1.807) is 39.1 Å². The Labute approximate surface area is 330 Å². The first-order valence-electron chi connectivity index (χ1n) is 18.7. The number of carbonyl (C=O) groups excluding carboxylic acids is 3. The molecule has 57 heavy (non-hydrogen) atoms. The average molecular weight is 802 g/mol. The van der Waals surface area contributed by atoms with E-state index in [0.717, 1.165) is 54.1 Å². The predicted molar refractivity (Wildman–Crippen MR) is 210 cm³/mol. The highest BCUT2D eigenvalue weighted by Gasteiger charge is 2.34. The highest BCUT2D eigenvalue weighted by Crippen LogP contribution is 2.41. The Morgan fingerprint density at radius 3 is 2.49 bits per heavy atom. The van der Waals surface area contributed by atoms with Crippen molar-refractivity contribution in [2.45, 2.75) is 76.1 Å². The first-order valence-corrected chi connectivity index (χ1v) is 19.5. The van der Waals surface area contributed by atoms with Crippen LogP contribution < -0.4 is 16.3 Å². The van der Waals surface area contributed by atoms with Gasteiger partial charge < -0.3 is 10.4 Å². The Kier molecular flexibility index (Phi) is 10.9. The lowest BCUT2D eigenvalue weighted by Crippen LogP contribution is -2.44. The summed E-state index contributed by atoms with van der Waals surface area (Å²) in [6.07, 6.45) is -0.410. The summed E-state index contributed by atoms with van der Waals surface area (Å²) >= 11 is 1.51. The van der Waals surface area contributed by atoms with Crippen molar-refractivity contribution in [1.29, 1.82) is 0 Å². The molecule has 1 aliphatic carbocycles. The molecule has 298 valence electrons. The summed E-state index contributed by atoms with van der Waals surface area (Å²) in [5.74, 6) is 5.54. The van der Waals surface area contributed by atoms with E-state index < -0.39 is 41.0 Å². The molecule has 0 radical (unpaired) electrons. The Balaban J connectivity index is 0.989. The van der Waals surface area contributed by atoms with E-state index in [9.17, 15) is 37.5 Å². The molecule has 3 amide bonds. The lowest BCUT2D eigenvalue weighted by atomic mass is 9.82. The molecule has 3 aromatic heterocycles. The molecule has 1 saturated carbocycles. The number of nitrogens with zero attached hydrogens (tertiary/aromatic N) is 5. The number of anilines is 1. The number of hydrogen-bond donors (Lipinski definition) is 3. The van der Waals surface area contributed by atoms with E-state index in [2.05, 4.69) is 32.4 Å². The predicted octanol–water partition coefficient (Wildman–Crippen LogP) is 6.08. The van der Waals surface area contributed by atoms with E-state index in [4.69, 9.17) is 4.98 Å². The van der Waals surface area contributed by atoms with Crippen molar-refractivity contribution in [3.8, 4) is 11.8 Å². The van der Waals surface area contributed by atoms with E-state index in [-0.39, 0.29) is 36.0 Å². The second kappa shape index (κ2) is 15.5. The Morgan fingerprint density at radius 2 is 1.79 bits per heavy atom. The van der Waals surface area contributed by atoms with Gasteiger partial charge in [-0.25, -0.2) is 14.8 Å². The van der Waals surface area contributed by atoms with Gasteiger partial charge in [0.05, 0.1) is 44.0 Å². The van der Waals surface area contributed by atoms with Gasteiger partial charge in [-0.3, -0.25) is 33.7 Å². The number of para-hydroxylation sites is 1. The summed E-state index contributed by atoms with van der Waals surface area (Å²) < 4.78 is 43.5. The summed E-state index contributed by atoms with van der Waals surface area (Å²) in [5, 5.41) is 16.9. The van der Waals surface area contributed by atoms with E-state index in [0.29, 0.717) is 40.1 Å². The monoisotopic (exact) mass is 801 g/mol. The Bertz CT molecular complexity index is 2520. The molecule has 5 aromatic rings. The minimum Gasteiger partial charge on any atom is -0.386 e. The van der Waals surface area contributed by atoms with Crippen LogP contribution in [0.5, 0.6) is 0 Å². The molecule has 0 spiro atoms. The number of nitrogens with one attached hydrogen (secondary N) is 2. The van der Waals surface area contributed by atoms with Crippen LogP contribution in [0.15, 0.2) is 53.3 Å². The van der Waals surface area contributed by atoms with Crippen molar-refractivity contribution < 1.29 is 32.7 Å². The second-order valence-electron chi connectivity index (χ2n) is 15.4. The number of piperidine rings is 1. The number of pyridine rings is 1. The fourth-order valence-electron chi connectivity index (χ4n) is 7.82. The van der Waals surface area contributed by atoms with Gasteiger partial charge in [0, 0.05) is 37.2 Å². The zero-order valence-electron chi connectivity index (χ0n) is 31.9. The number of aromatic nitrogens is 4. The number of imidazole rings is 1. The van der Waals surface area contributed by atoms with Crippen LogP contribution in [-0.4, -0.2) is 67.0 Å². The smallest absolute Gasteiger partial charge is 0.386 e. The third-order valence-electron chi connectivity index (χ3n) is 10.7. The normalized spacial score (nSPS) is 19.1. The fourth-order valence-corrected chi connectivity index (χ4v) is 8.97. The van der Waals surface area contributed by atoms with Gasteiger partial charge in [0.2, 0.25) is 11.8 Å². The lowest BCUT2D eigenvalue weighted by Gasteiger charge is -2.29. The molecule has 1 atom stereocenters. The van der Waals surface area contributed by atoms with Crippen LogP contribution >= 0.6 is 11.3 Å². The standard InChI is InChI=1S/C41H42F3N7O5S/c1-40(2,56)26-20-29-32(21-28(26)46-36(53)27-10-6-12-33(45-27)41(42,43)44)57-38(47-29)25-15-13-23(14-16-25)22-49(3)19-7-9-24-8-5-11-30-35(24)50(4)39(55)51(30)31-17-18-34(52)48-37(31)54/h5-6,8,10-12,20-21,23,25,31,56H,13-19,22H2,1-4H3,(H,46,53)(H,48,52,54). The summed E-state index contributed by atoms with van der Waals surface area (Å²) in [6, 6.07) is 11.3. The second-order valence-corrected chi connectivity index (χ2v) is 16.5. The van der Waals surface area contributed by atoms with Gasteiger partial charge in [0.15, 0.2) is 0 Å². The van der Waals surface area contributed by atoms with Crippen molar-refractivity contribution in [1.82, 2.24) is 29.3 Å². The molecule has 1 saturated heterocycles. The molecular formula is C41H42F3N7O5S. The van der Waals surface area contributed by atoms with Gasteiger partial charge in [0.1, 0.15) is 17.4 Å². The van der Waals surface area contributed by atoms with E-state index in [1.807, 2.05) is 19.2 Å². The van der Waals surface area contributed by atoms with Crippen molar-refractivity contribution in [3.63, 3.8) is 0 Å². The molecule has 3 N–H and O–H groups in total. The van der Waals surface area contributed by atoms with Gasteiger partial charge in [-0.15, -0.1) is 11.3 Å². The number of alkyl halides is 3. The zero-order valence-corrected chi connectivity index (χ0v) is 32.7. The van der Waals surface area contributed by atoms with E-state index >= 15 is 0 Å². The molecule has 2 aromatic carbocycles. The number of rotatable bonds is 8. The quantitative estimate of drug-likeness (QED) is 0.126. The van der Waals surface area contributed by atoms with E-state index in [1.165, 1.54) is 26.5 Å². The van der Waals surface area contributed by atoms with Crippen LogP contribution in [0, 0.1) is 17.8 Å². The summed E-state index contributed by atoms with van der Waals surface area (Å²) in [7, 11) is 3.69. The lowest BCUT2D eigenvalue weighted by molar-refractivity contribution is -0.141. The maximum absolute atomic E-state index is 13.3. The van der Waals surface area contributed by atoms with Crippen molar-refractivity contribution in [3.05, 3.63) is 86.5 Å². The van der Waals surface area contributed by atoms with Gasteiger partial charge in [-0.2, -0.15) is 13.2 Å². The minimum absolute atomic E-state index is 0.167. The van der Waals surface area contributed by atoms with Crippen LogP contribution in [0.4, 0.5) is 18.9 Å². The molecule has 12 nitrogen and oxygen atoms in total. The molecule has 2 aliphatic rings. The molecule has 2 fully saturated rings. The number of halogens is 3. The van der Waals surface area contributed by atoms with Gasteiger partial charge in [0.25, 0.3) is 5.91 Å². The van der Waals surface area contributed by atoms with Crippen LogP contribution in [0.2, 0.25) is 0 Å². The molecule has 7 rings (SSSR count). The number of aryl methyl sites for hydroxylation is 1. The maximum Gasteiger partial charge on any atom is 0.433 e. The van der Waals surface area contributed by atoms with Crippen LogP contribution in [0.3, 0.4) is 0 Å². The number of carbonyl (C=O) groups is 3. The molecular weight excluding hydrogens is 760 g/mol. The Morgan fingerprint density at radius 1 is 1.05 bits per heavy atom. The topological polar surface area (TPSA) is 151 Å². The number of amides is 3. The number of imide groups is 1. The van der Waals surface area contributed by atoms with Gasteiger partial charge in [-0.05, 0) is 95.3 Å². The fraction of sp³-hybridized carbons (Fsp3) is 0.415. The van der Waals surface area contributed by atoms with Gasteiger partial charge >= 0.3 is 11.9 Å². The minimum atomic E-state index is -4.70. The molecule has 1 aliphatic heterocycles. The summed E-state index contributed by atoms with van der Waals surface area (Å²) in [6.45, 7) is 4.50. The maximum atomic E-state index is 13.3. The first-order chi connectivity index (χ1) is 27.0. The number of hydrogen-bond acceptors (Lipinski definition) is 9. The zero-order chi connectivity index (χ0) is 40.8. The van der Waals surface area contributed by atoms with Crippen LogP contribution in [-0.2, 0) is 28.4 Å². The van der Waals surface area contributed by atoms with Crippen LogP contribution in [0.25, 0.3) is 21.3 Å². The van der Waals surface area contributed by atoms with Crippen molar-refractivity contribution >= 4 is 56.0 Å².